The lowest BCUT2D eigenvalue weighted by Crippen LogP contribution is -2.15. The van der Waals surface area contributed by atoms with Crippen LogP contribution in [0.4, 0.5) is 0 Å². The number of aromatic nitrogens is 2. The lowest BCUT2D eigenvalue weighted by molar-refractivity contribution is 0.982. The molecule has 0 bridgehead atoms. The smallest absolute Gasteiger partial charge is 0.0868 e. The van der Waals surface area contributed by atoms with E-state index in [2.05, 4.69) is 198 Å². The van der Waals surface area contributed by atoms with Gasteiger partial charge in [0.1, 0.15) is 0 Å². The highest BCUT2D eigenvalue weighted by Gasteiger charge is 2.19. The molecular formula is C52H35N3. The number of nitrogens with zero attached hydrogens (tertiary/aromatic N) is 2. The Labute approximate surface area is 319 Å². The molecule has 0 fully saturated rings. The third kappa shape index (κ3) is 5.16. The molecule has 1 N–H and O–H groups in total. The van der Waals surface area contributed by atoms with Crippen molar-refractivity contribution in [1.29, 1.82) is 0 Å². The fourth-order valence-electron chi connectivity index (χ4n) is 8.66. The van der Waals surface area contributed by atoms with E-state index < -0.39 is 0 Å². The summed E-state index contributed by atoms with van der Waals surface area (Å²) in [7, 11) is 0. The van der Waals surface area contributed by atoms with Gasteiger partial charge in [-0.15, -0.1) is 0 Å². The summed E-state index contributed by atoms with van der Waals surface area (Å²) < 4.78 is 2.33. The number of rotatable bonds is 5. The SMILES string of the molecule is C1=CCNC(c2cc3c4cc(-c5ccc(-c6c7ccccc7c(-c7ccc8ccccc8c7)c7ccccc67)cc5)ccc4n(-c4ccccc4)c3cn2)=C1. The molecule has 0 spiro atoms. The van der Waals surface area contributed by atoms with Crippen LogP contribution in [0.25, 0.3) is 98.9 Å². The molecule has 1 aliphatic heterocycles. The van der Waals surface area contributed by atoms with Gasteiger partial charge >= 0.3 is 0 Å². The van der Waals surface area contributed by atoms with E-state index in [-0.39, 0.29) is 0 Å². The molecule has 0 saturated carbocycles. The zero-order valence-electron chi connectivity index (χ0n) is 30.1. The summed E-state index contributed by atoms with van der Waals surface area (Å²) in [5.74, 6) is 0. The minimum Gasteiger partial charge on any atom is -0.380 e. The average molecular weight is 702 g/mol. The van der Waals surface area contributed by atoms with Gasteiger partial charge in [0.25, 0.3) is 0 Å². The maximum Gasteiger partial charge on any atom is 0.0868 e. The summed E-state index contributed by atoms with van der Waals surface area (Å²) in [6, 6.07) is 62.1. The van der Waals surface area contributed by atoms with Crippen LogP contribution < -0.4 is 5.32 Å². The van der Waals surface area contributed by atoms with Crippen molar-refractivity contribution in [3.8, 4) is 39.1 Å². The van der Waals surface area contributed by atoms with E-state index in [1.54, 1.807) is 0 Å². The lowest BCUT2D eigenvalue weighted by atomic mass is 9.85. The standard InChI is InChI=1S/C52H35N3/c1-2-14-40(15-3-1)55-49-28-27-38(31-45(49)46-32-48(54-33-50(46)55)47-20-10-11-29-53-47)35-21-24-36(25-22-35)51-41-16-6-8-18-43(41)52(44-19-9-7-17-42(44)51)39-26-23-34-12-4-5-13-37(34)30-39/h1-28,30-33,53H,29H2. The maximum absolute atomic E-state index is 4.92. The summed E-state index contributed by atoms with van der Waals surface area (Å²) in [6.07, 6.45) is 8.34. The number of benzene rings is 8. The van der Waals surface area contributed by atoms with Crippen molar-refractivity contribution >= 4 is 59.8 Å². The molecule has 11 rings (SSSR count). The van der Waals surface area contributed by atoms with Crippen molar-refractivity contribution in [2.45, 2.75) is 0 Å². The number of dihydropyridines is 1. The van der Waals surface area contributed by atoms with Crippen LogP contribution in [-0.4, -0.2) is 16.1 Å². The Balaban J connectivity index is 1.06. The topological polar surface area (TPSA) is 29.9 Å². The Hall–Kier alpha value is -7.23. The van der Waals surface area contributed by atoms with Crippen LogP contribution in [0, 0.1) is 0 Å². The first-order chi connectivity index (χ1) is 27.3. The summed E-state index contributed by atoms with van der Waals surface area (Å²) in [6.45, 7) is 0.803. The van der Waals surface area contributed by atoms with Gasteiger partial charge in [-0.25, -0.2) is 0 Å². The molecule has 3 heterocycles. The number of fused-ring (bicyclic) bond motifs is 6. The van der Waals surface area contributed by atoms with E-state index in [1.807, 2.05) is 6.20 Å². The van der Waals surface area contributed by atoms with Crippen LogP contribution >= 0.6 is 0 Å². The average Bonchev–Trinajstić information content (AvgIpc) is 3.59. The van der Waals surface area contributed by atoms with Crippen LogP contribution in [0.1, 0.15) is 5.69 Å². The Kier molecular flexibility index (Phi) is 7.24. The Bertz CT molecular complexity index is 3130. The van der Waals surface area contributed by atoms with Crippen molar-refractivity contribution < 1.29 is 0 Å². The molecule has 0 atom stereocenters. The quantitative estimate of drug-likeness (QED) is 0.181. The maximum atomic E-state index is 4.92. The van der Waals surface area contributed by atoms with Gasteiger partial charge < -0.3 is 9.88 Å². The van der Waals surface area contributed by atoms with Gasteiger partial charge in [0.05, 0.1) is 28.6 Å². The summed E-state index contributed by atoms with van der Waals surface area (Å²) in [4.78, 5) is 4.92. The second kappa shape index (κ2) is 12.7. The highest BCUT2D eigenvalue weighted by Crippen LogP contribution is 2.44. The van der Waals surface area contributed by atoms with Crippen LogP contribution in [0.3, 0.4) is 0 Å². The Morgan fingerprint density at radius 1 is 0.455 bits per heavy atom. The third-order valence-electron chi connectivity index (χ3n) is 11.2. The molecule has 1 aliphatic rings. The first-order valence-electron chi connectivity index (χ1n) is 18.9. The van der Waals surface area contributed by atoms with Crippen molar-refractivity contribution in [1.82, 2.24) is 14.9 Å². The highest BCUT2D eigenvalue weighted by atomic mass is 15.0. The second-order valence-electron chi connectivity index (χ2n) is 14.4. The fourth-order valence-corrected chi connectivity index (χ4v) is 8.66. The fraction of sp³-hybridized carbons (Fsp3) is 0.0192. The van der Waals surface area contributed by atoms with E-state index in [0.717, 1.165) is 34.7 Å². The molecule has 0 radical (unpaired) electrons. The molecule has 55 heavy (non-hydrogen) atoms. The highest BCUT2D eigenvalue weighted by molar-refractivity contribution is 6.22. The molecule has 8 aromatic carbocycles. The zero-order chi connectivity index (χ0) is 36.3. The summed E-state index contributed by atoms with van der Waals surface area (Å²) >= 11 is 0. The first-order valence-corrected chi connectivity index (χ1v) is 18.9. The molecule has 10 aromatic rings. The predicted octanol–water partition coefficient (Wildman–Crippen LogP) is 13.1. The number of hydrogen-bond donors (Lipinski definition) is 1. The first kappa shape index (κ1) is 31.3. The van der Waals surface area contributed by atoms with E-state index >= 15 is 0 Å². The van der Waals surface area contributed by atoms with E-state index in [9.17, 15) is 0 Å². The van der Waals surface area contributed by atoms with Gasteiger partial charge in [-0.1, -0.05) is 146 Å². The molecule has 0 unspecified atom stereocenters. The van der Waals surface area contributed by atoms with Gasteiger partial charge in [-0.2, -0.15) is 0 Å². The molecule has 2 aromatic heterocycles. The van der Waals surface area contributed by atoms with E-state index in [1.165, 1.54) is 76.5 Å². The van der Waals surface area contributed by atoms with Crippen molar-refractivity contribution in [3.63, 3.8) is 0 Å². The van der Waals surface area contributed by atoms with Crippen molar-refractivity contribution in [2.75, 3.05) is 6.54 Å². The number of hydrogen-bond acceptors (Lipinski definition) is 2. The Morgan fingerprint density at radius 2 is 1.05 bits per heavy atom. The zero-order valence-corrected chi connectivity index (χ0v) is 30.1. The molecular weight excluding hydrogens is 667 g/mol. The molecule has 0 saturated heterocycles. The second-order valence-corrected chi connectivity index (χ2v) is 14.4. The third-order valence-corrected chi connectivity index (χ3v) is 11.2. The molecule has 3 heteroatoms. The van der Waals surface area contributed by atoms with Gasteiger partial charge in [-0.3, -0.25) is 4.98 Å². The van der Waals surface area contributed by atoms with Gasteiger partial charge in [0.2, 0.25) is 0 Å². The monoisotopic (exact) mass is 701 g/mol. The van der Waals surface area contributed by atoms with Crippen molar-refractivity contribution in [2.24, 2.45) is 0 Å². The molecule has 3 nitrogen and oxygen atoms in total. The van der Waals surface area contributed by atoms with Gasteiger partial charge in [0.15, 0.2) is 0 Å². The van der Waals surface area contributed by atoms with Crippen molar-refractivity contribution in [3.05, 3.63) is 200 Å². The summed E-state index contributed by atoms with van der Waals surface area (Å²) in [5.41, 5.74) is 12.7. The molecule has 0 aliphatic carbocycles. The van der Waals surface area contributed by atoms with Crippen LogP contribution in [0.2, 0.25) is 0 Å². The van der Waals surface area contributed by atoms with Gasteiger partial charge in [-0.05, 0) is 108 Å². The van der Waals surface area contributed by atoms with Crippen LogP contribution in [0.15, 0.2) is 194 Å². The van der Waals surface area contributed by atoms with Gasteiger partial charge in [0, 0.05) is 23.0 Å². The number of pyridine rings is 1. The van der Waals surface area contributed by atoms with E-state index in [0.29, 0.717) is 0 Å². The molecule has 0 amide bonds. The number of para-hydroxylation sites is 1. The minimum absolute atomic E-state index is 0.803. The number of nitrogens with one attached hydrogen (secondary N) is 1. The number of allylic oxidation sites excluding steroid dienone is 2. The predicted molar refractivity (Wildman–Crippen MR) is 233 cm³/mol. The largest absolute Gasteiger partial charge is 0.380 e. The molecule has 258 valence electrons. The van der Waals surface area contributed by atoms with Crippen LogP contribution in [0.5, 0.6) is 0 Å². The normalized spacial score (nSPS) is 12.8. The van der Waals surface area contributed by atoms with E-state index in [4.69, 9.17) is 4.98 Å². The van der Waals surface area contributed by atoms with Crippen LogP contribution in [-0.2, 0) is 0 Å². The minimum atomic E-state index is 0.803. The Morgan fingerprint density at radius 3 is 1.76 bits per heavy atom. The summed E-state index contributed by atoms with van der Waals surface area (Å²) in [5, 5.41) is 13.4. The lowest BCUT2D eigenvalue weighted by Gasteiger charge is -2.18.